The van der Waals surface area contributed by atoms with Gasteiger partial charge in [0.1, 0.15) is 6.29 Å². The second-order valence-corrected chi connectivity index (χ2v) is 2.70. The number of carbonyl (C=O) groups is 1. The first-order chi connectivity index (χ1) is 5.36. The first-order valence-corrected chi connectivity index (χ1v) is 3.87. The van der Waals surface area contributed by atoms with Crippen molar-refractivity contribution < 1.29 is 4.79 Å². The number of aldehydes is 1. The Morgan fingerprint density at radius 3 is 3.18 bits per heavy atom. The van der Waals surface area contributed by atoms with Gasteiger partial charge in [-0.15, -0.1) is 6.58 Å². The number of nitrogens with one attached hydrogen (secondary N) is 1. The van der Waals surface area contributed by atoms with Gasteiger partial charge >= 0.3 is 0 Å². The molecule has 1 aliphatic rings. The molecule has 0 saturated carbocycles. The minimum atomic E-state index is 0.383. The number of carbonyl (C=O) groups excluding carboxylic acids is 1. The Bertz CT molecular complexity index is 184. The van der Waals surface area contributed by atoms with E-state index >= 15 is 0 Å². The van der Waals surface area contributed by atoms with Crippen molar-refractivity contribution in [2.24, 2.45) is 0 Å². The van der Waals surface area contributed by atoms with Gasteiger partial charge in [-0.05, 0) is 18.4 Å². The number of rotatable bonds is 4. The highest BCUT2D eigenvalue weighted by molar-refractivity contribution is 5.74. The van der Waals surface area contributed by atoms with Crippen LogP contribution < -0.4 is 5.32 Å². The molecule has 0 bridgehead atoms. The molecule has 0 aromatic carbocycles. The summed E-state index contributed by atoms with van der Waals surface area (Å²) in [5.41, 5.74) is 0.923. The summed E-state index contributed by atoms with van der Waals surface area (Å²) in [7, 11) is 0. The molecule has 0 heterocycles. The van der Waals surface area contributed by atoms with Crippen molar-refractivity contribution in [2.45, 2.75) is 18.9 Å². The Labute approximate surface area is 67.0 Å². The van der Waals surface area contributed by atoms with E-state index in [0.717, 1.165) is 31.2 Å². The smallest absolute Gasteiger partial charge is 0.145 e. The molecule has 0 fully saturated rings. The van der Waals surface area contributed by atoms with Crippen LogP contribution in [0.3, 0.4) is 0 Å². The van der Waals surface area contributed by atoms with Crippen LogP contribution in [-0.2, 0) is 4.79 Å². The SMILES string of the molecule is C=CCNC1C=C(C=O)CC1. The number of allylic oxidation sites excluding steroid dienone is 1. The van der Waals surface area contributed by atoms with E-state index < -0.39 is 0 Å². The van der Waals surface area contributed by atoms with Gasteiger partial charge in [0, 0.05) is 12.6 Å². The van der Waals surface area contributed by atoms with Crippen molar-refractivity contribution in [1.82, 2.24) is 5.32 Å². The summed E-state index contributed by atoms with van der Waals surface area (Å²) in [6.45, 7) is 4.42. The van der Waals surface area contributed by atoms with E-state index in [1.807, 2.05) is 12.2 Å². The maximum atomic E-state index is 10.3. The zero-order valence-corrected chi connectivity index (χ0v) is 6.55. The van der Waals surface area contributed by atoms with E-state index in [1.165, 1.54) is 0 Å². The van der Waals surface area contributed by atoms with Crippen molar-refractivity contribution in [3.05, 3.63) is 24.3 Å². The third kappa shape index (κ3) is 2.31. The van der Waals surface area contributed by atoms with E-state index in [4.69, 9.17) is 0 Å². The Balaban J connectivity index is 2.33. The molecule has 0 spiro atoms. The second kappa shape index (κ2) is 4.09. The lowest BCUT2D eigenvalue weighted by atomic mass is 10.2. The fraction of sp³-hybridized carbons (Fsp3) is 0.444. The highest BCUT2D eigenvalue weighted by Gasteiger charge is 2.13. The Morgan fingerprint density at radius 2 is 2.64 bits per heavy atom. The highest BCUT2D eigenvalue weighted by Crippen LogP contribution is 2.15. The molecule has 1 atom stereocenters. The predicted octanol–water partition coefficient (Wildman–Crippen LogP) is 1.05. The van der Waals surface area contributed by atoms with E-state index in [9.17, 15) is 4.79 Å². The molecule has 1 aliphatic carbocycles. The standard InChI is InChI=1S/C9H13NO/c1-2-5-10-9-4-3-8(6-9)7-11/h2,6-7,9-10H,1,3-5H2. The molecule has 0 aromatic rings. The van der Waals surface area contributed by atoms with Gasteiger partial charge in [0.2, 0.25) is 0 Å². The maximum Gasteiger partial charge on any atom is 0.145 e. The molecule has 0 aromatic heterocycles. The summed E-state index contributed by atoms with van der Waals surface area (Å²) in [6.07, 6.45) is 6.72. The van der Waals surface area contributed by atoms with Crippen LogP contribution in [0.25, 0.3) is 0 Å². The van der Waals surface area contributed by atoms with Gasteiger partial charge in [-0.25, -0.2) is 0 Å². The van der Waals surface area contributed by atoms with Gasteiger partial charge in [0.25, 0.3) is 0 Å². The largest absolute Gasteiger partial charge is 0.307 e. The van der Waals surface area contributed by atoms with E-state index in [1.54, 1.807) is 0 Å². The fourth-order valence-electron chi connectivity index (χ4n) is 1.24. The first-order valence-electron chi connectivity index (χ1n) is 3.87. The van der Waals surface area contributed by atoms with Crippen LogP contribution in [0.1, 0.15) is 12.8 Å². The van der Waals surface area contributed by atoms with Crippen LogP contribution in [0, 0.1) is 0 Å². The molecule has 60 valence electrons. The maximum absolute atomic E-state index is 10.3. The average molecular weight is 151 g/mol. The lowest BCUT2D eigenvalue weighted by Gasteiger charge is -2.06. The second-order valence-electron chi connectivity index (χ2n) is 2.70. The summed E-state index contributed by atoms with van der Waals surface area (Å²) in [5.74, 6) is 0. The van der Waals surface area contributed by atoms with Gasteiger partial charge < -0.3 is 5.32 Å². The van der Waals surface area contributed by atoms with Crippen LogP contribution >= 0.6 is 0 Å². The molecule has 1 unspecified atom stereocenters. The number of hydrogen-bond acceptors (Lipinski definition) is 2. The quantitative estimate of drug-likeness (QED) is 0.480. The molecule has 1 rings (SSSR count). The third-order valence-electron chi connectivity index (χ3n) is 1.84. The topological polar surface area (TPSA) is 29.1 Å². The van der Waals surface area contributed by atoms with Crippen molar-refractivity contribution in [3.8, 4) is 0 Å². The van der Waals surface area contributed by atoms with Crippen LogP contribution in [0.5, 0.6) is 0 Å². The predicted molar refractivity (Wildman–Crippen MR) is 45.4 cm³/mol. The van der Waals surface area contributed by atoms with E-state index in [-0.39, 0.29) is 0 Å². The average Bonchev–Trinajstić information content (AvgIpc) is 2.48. The van der Waals surface area contributed by atoms with Crippen molar-refractivity contribution >= 4 is 6.29 Å². The van der Waals surface area contributed by atoms with Gasteiger partial charge in [0.15, 0.2) is 0 Å². The van der Waals surface area contributed by atoms with Crippen molar-refractivity contribution in [1.29, 1.82) is 0 Å². The van der Waals surface area contributed by atoms with Gasteiger partial charge in [-0.1, -0.05) is 12.2 Å². The minimum Gasteiger partial charge on any atom is -0.307 e. The molecule has 0 amide bonds. The van der Waals surface area contributed by atoms with Crippen LogP contribution in [0.15, 0.2) is 24.3 Å². The van der Waals surface area contributed by atoms with Gasteiger partial charge in [-0.2, -0.15) is 0 Å². The van der Waals surface area contributed by atoms with Crippen LogP contribution in [0.2, 0.25) is 0 Å². The Kier molecular flexibility index (Phi) is 3.05. The summed E-state index contributed by atoms with van der Waals surface area (Å²) >= 11 is 0. The zero-order valence-electron chi connectivity index (χ0n) is 6.55. The molecule has 0 saturated heterocycles. The molecule has 11 heavy (non-hydrogen) atoms. The molecule has 2 heteroatoms. The molecule has 1 N–H and O–H groups in total. The third-order valence-corrected chi connectivity index (χ3v) is 1.84. The summed E-state index contributed by atoms with van der Waals surface area (Å²) in [4.78, 5) is 10.3. The van der Waals surface area contributed by atoms with Crippen molar-refractivity contribution in [3.63, 3.8) is 0 Å². The monoisotopic (exact) mass is 151 g/mol. The lowest BCUT2D eigenvalue weighted by Crippen LogP contribution is -2.24. The minimum absolute atomic E-state index is 0.383. The van der Waals surface area contributed by atoms with E-state index in [0.29, 0.717) is 6.04 Å². The molecular formula is C9H13NO. The summed E-state index contributed by atoms with van der Waals surface area (Å²) in [5, 5.41) is 3.24. The van der Waals surface area contributed by atoms with Crippen LogP contribution in [0.4, 0.5) is 0 Å². The van der Waals surface area contributed by atoms with Crippen LogP contribution in [-0.4, -0.2) is 18.9 Å². The van der Waals surface area contributed by atoms with Gasteiger partial charge in [-0.3, -0.25) is 4.79 Å². The fourth-order valence-corrected chi connectivity index (χ4v) is 1.24. The first kappa shape index (κ1) is 8.21. The highest BCUT2D eigenvalue weighted by atomic mass is 16.1. The zero-order chi connectivity index (χ0) is 8.10. The summed E-state index contributed by atoms with van der Waals surface area (Å²) < 4.78 is 0. The van der Waals surface area contributed by atoms with Crippen molar-refractivity contribution in [2.75, 3.05) is 6.54 Å². The molecule has 2 nitrogen and oxygen atoms in total. The number of hydrogen-bond donors (Lipinski definition) is 1. The van der Waals surface area contributed by atoms with Gasteiger partial charge in [0.05, 0.1) is 0 Å². The normalized spacial score (nSPS) is 22.9. The summed E-state index contributed by atoms with van der Waals surface area (Å²) in [6, 6.07) is 0.383. The molecular weight excluding hydrogens is 138 g/mol. The molecule has 0 aliphatic heterocycles. The Hall–Kier alpha value is -0.890. The molecule has 0 radical (unpaired) electrons. The lowest BCUT2D eigenvalue weighted by molar-refractivity contribution is -0.105. The van der Waals surface area contributed by atoms with E-state index in [2.05, 4.69) is 11.9 Å². The Morgan fingerprint density at radius 1 is 1.82 bits per heavy atom.